The summed E-state index contributed by atoms with van der Waals surface area (Å²) < 4.78 is 10.6. The molecule has 0 saturated heterocycles. The highest BCUT2D eigenvalue weighted by atomic mass is 16.6. The second kappa shape index (κ2) is 19.4. The molecular weight excluding hydrogens is 698 g/mol. The number of carbonyl (C=O) groups is 10. The number of aliphatic hydroxyl groups is 1. The number of hydrazine groups is 1. The average Bonchev–Trinajstić information content (AvgIpc) is 3.67. The van der Waals surface area contributed by atoms with Crippen LogP contribution >= 0.6 is 0 Å². The Balaban J connectivity index is 0.000000751. The Kier molecular flexibility index (Phi) is 15.9. The molecule has 0 aromatic rings. The highest BCUT2D eigenvalue weighted by Gasteiger charge is 2.32. The van der Waals surface area contributed by atoms with Gasteiger partial charge in [0.25, 0.3) is 35.4 Å². The number of nitrogens with zero attached hydrogens (tertiary/aromatic N) is 5. The number of esters is 2. The third-order valence-corrected chi connectivity index (χ3v) is 7.10. The Morgan fingerprint density at radius 2 is 0.811 bits per heavy atom. The summed E-state index contributed by atoms with van der Waals surface area (Å²) in [4.78, 5) is 124. The summed E-state index contributed by atoms with van der Waals surface area (Å²) in [5, 5.41) is 10.3. The van der Waals surface area contributed by atoms with E-state index >= 15 is 0 Å². The molecule has 18 heteroatoms. The first kappa shape index (κ1) is 43.6. The molecule has 0 aromatic carbocycles. The van der Waals surface area contributed by atoms with E-state index in [4.69, 9.17) is 14.6 Å². The van der Waals surface area contributed by atoms with Crippen molar-refractivity contribution in [3.05, 3.63) is 36.5 Å². The van der Waals surface area contributed by atoms with Gasteiger partial charge in [-0.25, -0.2) is 0 Å². The lowest BCUT2D eigenvalue weighted by Crippen LogP contribution is -2.52. The van der Waals surface area contributed by atoms with Crippen LogP contribution in [0.15, 0.2) is 36.5 Å². The molecule has 53 heavy (non-hydrogen) atoms. The standard InChI is InChI=1S/C28H38N4O10.C7H9NO3/c1-27(2,3)41-25(39)13-17-31(23(37)11-15-29-19(33)7-8-20(29)34)32(18-14-26(40)42-28(4,5)6)24(38)12-16-30-21(35)9-10-22(30)36;9-5-1-4-8-6(10)2-3-7(8)11/h7-10H,11-18H2,1-6H3;2-3,9H,1,4-5H2. The van der Waals surface area contributed by atoms with E-state index < -0.39 is 71.4 Å². The van der Waals surface area contributed by atoms with Crippen LogP contribution in [0.5, 0.6) is 0 Å². The molecule has 0 unspecified atom stereocenters. The quantitative estimate of drug-likeness (QED) is 0.132. The van der Waals surface area contributed by atoms with Crippen molar-refractivity contribution in [2.75, 3.05) is 39.3 Å². The van der Waals surface area contributed by atoms with Crippen LogP contribution in [0, 0.1) is 0 Å². The third kappa shape index (κ3) is 14.6. The molecule has 3 heterocycles. The lowest BCUT2D eigenvalue weighted by Gasteiger charge is -2.36. The second-order valence-electron chi connectivity index (χ2n) is 13.8. The van der Waals surface area contributed by atoms with E-state index in [-0.39, 0.29) is 57.4 Å². The minimum atomic E-state index is -0.815. The molecular formula is C35H47N5O13. The molecule has 1 N–H and O–H groups in total. The number of carbonyl (C=O) groups excluding carboxylic acids is 10. The van der Waals surface area contributed by atoms with E-state index in [0.29, 0.717) is 13.0 Å². The van der Waals surface area contributed by atoms with E-state index in [2.05, 4.69) is 0 Å². The van der Waals surface area contributed by atoms with Gasteiger partial charge in [-0.05, 0) is 48.0 Å². The number of ether oxygens (including phenoxy) is 2. The molecule has 0 saturated carbocycles. The fourth-order valence-corrected chi connectivity index (χ4v) is 4.80. The summed E-state index contributed by atoms with van der Waals surface area (Å²) in [6.45, 7) is 9.04. The Morgan fingerprint density at radius 1 is 0.528 bits per heavy atom. The maximum absolute atomic E-state index is 13.5. The number of hydrogen-bond acceptors (Lipinski definition) is 13. The number of hydrogen-bond donors (Lipinski definition) is 1. The third-order valence-electron chi connectivity index (χ3n) is 7.10. The average molecular weight is 746 g/mol. The van der Waals surface area contributed by atoms with Crippen molar-refractivity contribution in [1.29, 1.82) is 0 Å². The first-order chi connectivity index (χ1) is 24.6. The fraction of sp³-hybridized carbons (Fsp3) is 0.543. The van der Waals surface area contributed by atoms with E-state index in [1.54, 1.807) is 41.5 Å². The van der Waals surface area contributed by atoms with E-state index in [0.717, 1.165) is 49.0 Å². The van der Waals surface area contributed by atoms with Crippen LogP contribution in [0.3, 0.4) is 0 Å². The molecule has 18 nitrogen and oxygen atoms in total. The van der Waals surface area contributed by atoms with Crippen LogP contribution in [-0.2, 0) is 57.4 Å². The van der Waals surface area contributed by atoms with Gasteiger partial charge < -0.3 is 14.6 Å². The van der Waals surface area contributed by atoms with E-state index in [9.17, 15) is 47.9 Å². The molecule has 0 aromatic heterocycles. The van der Waals surface area contributed by atoms with Gasteiger partial charge in [-0.15, -0.1) is 0 Å². The smallest absolute Gasteiger partial charge is 0.308 e. The van der Waals surface area contributed by atoms with Gasteiger partial charge in [0.05, 0.1) is 25.9 Å². The van der Waals surface area contributed by atoms with Crippen molar-refractivity contribution in [3.8, 4) is 0 Å². The highest BCUT2D eigenvalue weighted by Crippen LogP contribution is 2.16. The largest absolute Gasteiger partial charge is 0.460 e. The molecule has 0 radical (unpaired) electrons. The predicted octanol–water partition coefficient (Wildman–Crippen LogP) is -0.0538. The van der Waals surface area contributed by atoms with Crippen molar-refractivity contribution >= 4 is 59.2 Å². The predicted molar refractivity (Wildman–Crippen MR) is 183 cm³/mol. The summed E-state index contributed by atoms with van der Waals surface area (Å²) in [6, 6.07) is 0. The summed E-state index contributed by atoms with van der Waals surface area (Å²) in [5.74, 6) is -5.73. The van der Waals surface area contributed by atoms with Gasteiger partial charge in [-0.3, -0.25) is 72.7 Å². The van der Waals surface area contributed by atoms with Crippen molar-refractivity contribution < 1.29 is 62.5 Å². The minimum absolute atomic E-state index is 0.00292. The van der Waals surface area contributed by atoms with Crippen molar-refractivity contribution in [2.45, 2.75) is 84.8 Å². The normalized spacial score (nSPS) is 15.3. The maximum Gasteiger partial charge on any atom is 0.308 e. The van der Waals surface area contributed by atoms with Gasteiger partial charge in [-0.1, -0.05) is 0 Å². The Labute approximate surface area is 306 Å². The summed E-state index contributed by atoms with van der Waals surface area (Å²) in [7, 11) is 0. The zero-order valence-corrected chi connectivity index (χ0v) is 30.8. The molecule has 0 aliphatic carbocycles. The number of imide groups is 3. The molecule has 3 aliphatic heterocycles. The summed E-state index contributed by atoms with van der Waals surface area (Å²) in [6.07, 6.45) is 5.76. The van der Waals surface area contributed by atoms with Crippen LogP contribution in [0.4, 0.5) is 0 Å². The molecule has 0 spiro atoms. The van der Waals surface area contributed by atoms with E-state index in [1.165, 1.54) is 12.2 Å². The Bertz CT molecular complexity index is 1420. The monoisotopic (exact) mass is 745 g/mol. The number of aliphatic hydroxyl groups excluding tert-OH is 1. The van der Waals surface area contributed by atoms with Crippen LogP contribution in [0.2, 0.25) is 0 Å². The topological polar surface area (TPSA) is 226 Å². The van der Waals surface area contributed by atoms with Crippen molar-refractivity contribution in [1.82, 2.24) is 24.7 Å². The second-order valence-corrected chi connectivity index (χ2v) is 13.8. The van der Waals surface area contributed by atoms with E-state index in [1.807, 2.05) is 0 Å². The number of rotatable bonds is 15. The van der Waals surface area contributed by atoms with Crippen LogP contribution in [0.25, 0.3) is 0 Å². The van der Waals surface area contributed by atoms with Crippen LogP contribution < -0.4 is 0 Å². The maximum atomic E-state index is 13.5. The Morgan fingerprint density at radius 3 is 1.08 bits per heavy atom. The lowest BCUT2D eigenvalue weighted by atomic mass is 10.2. The van der Waals surface area contributed by atoms with Crippen LogP contribution in [0.1, 0.15) is 73.6 Å². The molecule has 0 bridgehead atoms. The fourth-order valence-electron chi connectivity index (χ4n) is 4.80. The molecule has 0 atom stereocenters. The zero-order valence-electron chi connectivity index (χ0n) is 30.8. The van der Waals surface area contributed by atoms with Crippen molar-refractivity contribution in [3.63, 3.8) is 0 Å². The van der Waals surface area contributed by atoms with Gasteiger partial charge in [0, 0.05) is 75.5 Å². The first-order valence-electron chi connectivity index (χ1n) is 16.9. The van der Waals surface area contributed by atoms with Gasteiger partial charge in [0.2, 0.25) is 11.8 Å². The minimum Gasteiger partial charge on any atom is -0.460 e. The van der Waals surface area contributed by atoms with Gasteiger partial charge >= 0.3 is 11.9 Å². The summed E-state index contributed by atoms with van der Waals surface area (Å²) >= 11 is 0. The zero-order chi connectivity index (χ0) is 40.1. The van der Waals surface area contributed by atoms with Gasteiger partial charge in [-0.2, -0.15) is 0 Å². The Hall–Kier alpha value is -5.52. The number of amides is 8. The highest BCUT2D eigenvalue weighted by molar-refractivity contribution is 6.14. The van der Waals surface area contributed by atoms with Gasteiger partial charge in [0.1, 0.15) is 11.2 Å². The molecule has 8 amide bonds. The first-order valence-corrected chi connectivity index (χ1v) is 16.9. The molecule has 3 aliphatic rings. The molecule has 290 valence electrons. The van der Waals surface area contributed by atoms with Gasteiger partial charge in [0.15, 0.2) is 0 Å². The molecule has 0 fully saturated rings. The lowest BCUT2D eigenvalue weighted by molar-refractivity contribution is -0.171. The van der Waals surface area contributed by atoms with Crippen molar-refractivity contribution in [2.24, 2.45) is 0 Å². The molecule has 3 rings (SSSR count). The van der Waals surface area contributed by atoms with Crippen LogP contribution in [-0.4, -0.2) is 140 Å². The SMILES string of the molecule is CC(C)(C)OC(=O)CCN(C(=O)CCN1C(=O)C=CC1=O)N(CCC(=O)OC(C)(C)C)C(=O)CCN1C(=O)C=CC1=O.O=C1C=CC(=O)N1CCCO. The summed E-state index contributed by atoms with van der Waals surface area (Å²) in [5.41, 5.74) is -1.63.